The second kappa shape index (κ2) is 7.66. The molecule has 3 N–H and O–H groups in total. The summed E-state index contributed by atoms with van der Waals surface area (Å²) in [4.78, 5) is 36.0. The Labute approximate surface area is 164 Å². The number of fused-ring (bicyclic) bond motifs is 1. The predicted molar refractivity (Wildman–Crippen MR) is 103 cm³/mol. The van der Waals surface area contributed by atoms with Crippen LogP contribution >= 0.6 is 23.4 Å². The highest BCUT2D eigenvalue weighted by molar-refractivity contribution is 7.98. The normalized spacial score (nSPS) is 12.7. The summed E-state index contributed by atoms with van der Waals surface area (Å²) in [6.45, 7) is 1.46. The Morgan fingerprint density at radius 1 is 1.33 bits per heavy atom. The van der Waals surface area contributed by atoms with Gasteiger partial charge in [0.05, 0.1) is 6.54 Å². The summed E-state index contributed by atoms with van der Waals surface area (Å²) in [5.74, 6) is -1.49. The maximum atomic E-state index is 13.0. The van der Waals surface area contributed by atoms with Gasteiger partial charge in [-0.05, 0) is 30.2 Å². The lowest BCUT2D eigenvalue weighted by molar-refractivity contribution is -0.135. The van der Waals surface area contributed by atoms with Crippen LogP contribution in [-0.2, 0) is 22.8 Å². The predicted octanol–water partition coefficient (Wildman–Crippen LogP) is 2.13. The van der Waals surface area contributed by atoms with Crippen molar-refractivity contribution in [3.8, 4) is 5.75 Å². The Balaban J connectivity index is 2.09. The van der Waals surface area contributed by atoms with Crippen molar-refractivity contribution in [2.75, 3.05) is 6.54 Å². The number of halogens is 1. The number of carboxylic acids is 1. The molecule has 0 aliphatic carbocycles. The number of carbonyl (C=O) groups excluding carboxylic acids is 1. The number of carboxylic acid groups (broad SMARTS) is 1. The number of hydrogen-bond donors (Lipinski definition) is 3. The lowest BCUT2D eigenvalue weighted by Gasteiger charge is -2.17. The number of aryl methyl sites for hydroxylation is 1. The molecule has 27 heavy (non-hydrogen) atoms. The number of carbonyl (C=O) groups is 2. The molecule has 1 aliphatic rings. The number of aromatic hydroxyl groups is 1. The van der Waals surface area contributed by atoms with Crippen LogP contribution < -0.4 is 10.9 Å². The van der Waals surface area contributed by atoms with E-state index in [1.807, 2.05) is 13.0 Å². The van der Waals surface area contributed by atoms with Crippen molar-refractivity contribution in [1.29, 1.82) is 0 Å². The Morgan fingerprint density at radius 2 is 2.07 bits per heavy atom. The fourth-order valence-electron chi connectivity index (χ4n) is 3.00. The Bertz CT molecular complexity index is 1000. The van der Waals surface area contributed by atoms with Crippen LogP contribution in [0, 0.1) is 6.92 Å². The summed E-state index contributed by atoms with van der Waals surface area (Å²) in [6, 6.07) is 5.33. The molecule has 0 unspecified atom stereocenters. The average Bonchev–Trinajstić information content (AvgIpc) is 3.08. The van der Waals surface area contributed by atoms with Crippen molar-refractivity contribution in [2.45, 2.75) is 25.0 Å². The minimum atomic E-state index is -1.24. The number of benzene rings is 1. The maximum Gasteiger partial charge on any atom is 0.322 e. The van der Waals surface area contributed by atoms with Crippen molar-refractivity contribution < 1.29 is 19.8 Å². The first kappa shape index (κ1) is 19.3. The van der Waals surface area contributed by atoms with E-state index in [4.69, 9.17) is 16.7 Å². The van der Waals surface area contributed by atoms with Crippen molar-refractivity contribution in [3.63, 3.8) is 0 Å². The second-order valence-electron chi connectivity index (χ2n) is 6.18. The zero-order chi connectivity index (χ0) is 19.7. The van der Waals surface area contributed by atoms with E-state index in [2.05, 4.69) is 5.32 Å². The van der Waals surface area contributed by atoms with Crippen LogP contribution in [0.5, 0.6) is 5.75 Å². The number of hydrogen-bond acceptors (Lipinski definition) is 5. The standard InChI is InChI=1S/C18H17ClN2O5S/c1-9-4-11(19)3-2-10(9)6-21-13-8-27-7-12(13)16(24)15(18(21)26)17(25)20-5-14(22)23/h2-4,24H,5-8H2,1H3,(H,20,25)(H,22,23). The molecule has 7 nitrogen and oxygen atoms in total. The summed E-state index contributed by atoms with van der Waals surface area (Å²) < 4.78 is 1.47. The molecular weight excluding hydrogens is 392 g/mol. The second-order valence-corrected chi connectivity index (χ2v) is 7.60. The third-order valence-electron chi connectivity index (χ3n) is 4.40. The van der Waals surface area contributed by atoms with E-state index in [0.717, 1.165) is 11.1 Å². The number of thioether (sulfide) groups is 1. The summed E-state index contributed by atoms with van der Waals surface area (Å²) >= 11 is 7.52. The van der Waals surface area contributed by atoms with Gasteiger partial charge < -0.3 is 20.1 Å². The number of nitrogens with one attached hydrogen (secondary N) is 1. The zero-order valence-electron chi connectivity index (χ0n) is 14.4. The largest absolute Gasteiger partial charge is 0.507 e. The first-order valence-electron chi connectivity index (χ1n) is 8.10. The third-order valence-corrected chi connectivity index (χ3v) is 5.61. The van der Waals surface area contributed by atoms with Gasteiger partial charge in [0.25, 0.3) is 11.5 Å². The Hall–Kier alpha value is -2.45. The number of nitrogens with zero attached hydrogens (tertiary/aromatic N) is 1. The molecule has 1 aliphatic heterocycles. The van der Waals surface area contributed by atoms with Crippen LogP contribution in [0.3, 0.4) is 0 Å². The minimum Gasteiger partial charge on any atom is -0.507 e. The van der Waals surface area contributed by atoms with Crippen LogP contribution in [0.1, 0.15) is 32.7 Å². The molecule has 0 bridgehead atoms. The summed E-state index contributed by atoms with van der Waals surface area (Å²) in [6.07, 6.45) is 0. The number of aliphatic carboxylic acids is 1. The molecule has 2 heterocycles. The number of aromatic nitrogens is 1. The van der Waals surface area contributed by atoms with E-state index < -0.39 is 29.5 Å². The van der Waals surface area contributed by atoms with Crippen LogP contribution in [-0.4, -0.2) is 33.2 Å². The number of rotatable bonds is 5. The zero-order valence-corrected chi connectivity index (χ0v) is 16.0. The third kappa shape index (κ3) is 3.81. The molecule has 9 heteroatoms. The van der Waals surface area contributed by atoms with E-state index in [0.29, 0.717) is 27.8 Å². The van der Waals surface area contributed by atoms with Gasteiger partial charge in [0.15, 0.2) is 0 Å². The van der Waals surface area contributed by atoms with Crippen LogP contribution in [0.25, 0.3) is 0 Å². The summed E-state index contributed by atoms with van der Waals surface area (Å²) in [5.41, 5.74) is 1.90. The fraction of sp³-hybridized carbons (Fsp3) is 0.278. The van der Waals surface area contributed by atoms with Gasteiger partial charge in [0, 0.05) is 27.8 Å². The molecule has 0 atom stereocenters. The van der Waals surface area contributed by atoms with E-state index in [9.17, 15) is 19.5 Å². The number of amides is 1. The Kier molecular flexibility index (Phi) is 5.48. The molecular formula is C18H17ClN2O5S. The smallest absolute Gasteiger partial charge is 0.322 e. The molecule has 0 spiro atoms. The monoisotopic (exact) mass is 408 g/mol. The van der Waals surface area contributed by atoms with E-state index in [-0.39, 0.29) is 12.3 Å². The maximum absolute atomic E-state index is 13.0. The molecule has 2 aromatic rings. The number of pyridine rings is 1. The van der Waals surface area contributed by atoms with E-state index >= 15 is 0 Å². The summed E-state index contributed by atoms with van der Waals surface area (Å²) in [5, 5.41) is 21.9. The van der Waals surface area contributed by atoms with Gasteiger partial charge in [-0.2, -0.15) is 11.8 Å². The molecule has 1 amide bonds. The van der Waals surface area contributed by atoms with Gasteiger partial charge in [0.2, 0.25) is 0 Å². The van der Waals surface area contributed by atoms with Crippen LogP contribution in [0.15, 0.2) is 23.0 Å². The lowest BCUT2D eigenvalue weighted by Crippen LogP contribution is -2.37. The van der Waals surface area contributed by atoms with Crippen LogP contribution in [0.2, 0.25) is 5.02 Å². The van der Waals surface area contributed by atoms with E-state index in [1.165, 1.54) is 16.3 Å². The van der Waals surface area contributed by atoms with Gasteiger partial charge in [-0.1, -0.05) is 17.7 Å². The molecule has 1 aromatic heterocycles. The Morgan fingerprint density at radius 3 is 2.74 bits per heavy atom. The van der Waals surface area contributed by atoms with Crippen molar-refractivity contribution in [2.24, 2.45) is 0 Å². The molecule has 0 radical (unpaired) electrons. The molecule has 0 saturated heterocycles. The highest BCUT2D eigenvalue weighted by Gasteiger charge is 2.28. The lowest BCUT2D eigenvalue weighted by atomic mass is 10.1. The van der Waals surface area contributed by atoms with Gasteiger partial charge in [-0.3, -0.25) is 14.4 Å². The highest BCUT2D eigenvalue weighted by atomic mass is 35.5. The first-order valence-corrected chi connectivity index (χ1v) is 9.63. The molecule has 0 fully saturated rings. The van der Waals surface area contributed by atoms with Crippen molar-refractivity contribution >= 4 is 35.2 Å². The SMILES string of the molecule is Cc1cc(Cl)ccc1Cn1c2c(c(O)c(C(=O)NCC(=O)O)c1=O)CSC2. The fourth-order valence-corrected chi connectivity index (χ4v) is 4.36. The topological polar surface area (TPSA) is 109 Å². The molecule has 0 saturated carbocycles. The molecule has 142 valence electrons. The van der Waals surface area contributed by atoms with Gasteiger partial charge in [0.1, 0.15) is 17.9 Å². The quantitative estimate of drug-likeness (QED) is 0.699. The van der Waals surface area contributed by atoms with Crippen molar-refractivity contribution in [1.82, 2.24) is 9.88 Å². The van der Waals surface area contributed by atoms with Gasteiger partial charge in [-0.15, -0.1) is 0 Å². The molecule has 1 aromatic carbocycles. The average molecular weight is 409 g/mol. The highest BCUT2D eigenvalue weighted by Crippen LogP contribution is 2.36. The molecule has 3 rings (SSSR count). The first-order chi connectivity index (χ1) is 12.8. The van der Waals surface area contributed by atoms with Gasteiger partial charge >= 0.3 is 5.97 Å². The van der Waals surface area contributed by atoms with E-state index in [1.54, 1.807) is 12.1 Å². The van der Waals surface area contributed by atoms with Gasteiger partial charge in [-0.25, -0.2) is 0 Å². The minimum absolute atomic E-state index is 0.226. The summed E-state index contributed by atoms with van der Waals surface area (Å²) in [7, 11) is 0. The van der Waals surface area contributed by atoms with Crippen molar-refractivity contribution in [3.05, 3.63) is 61.5 Å². The van der Waals surface area contributed by atoms with Crippen LogP contribution in [0.4, 0.5) is 0 Å².